The van der Waals surface area contributed by atoms with Crippen LogP contribution in [0.5, 0.6) is 0 Å². The van der Waals surface area contributed by atoms with Crippen LogP contribution in [0.3, 0.4) is 0 Å². The summed E-state index contributed by atoms with van der Waals surface area (Å²) in [5.41, 5.74) is 1.66. The van der Waals surface area contributed by atoms with E-state index in [1.165, 1.54) is 11.3 Å². The van der Waals surface area contributed by atoms with Crippen molar-refractivity contribution in [2.24, 2.45) is 0 Å². The van der Waals surface area contributed by atoms with Gasteiger partial charge >= 0.3 is 6.09 Å². The fourth-order valence-electron chi connectivity index (χ4n) is 2.83. The van der Waals surface area contributed by atoms with Crippen molar-refractivity contribution >= 4 is 29.0 Å². The number of furan rings is 1. The van der Waals surface area contributed by atoms with Crippen LogP contribution in [0.4, 0.5) is 10.5 Å². The normalized spacial score (nSPS) is 14.9. The fraction of sp³-hybridized carbons (Fsp3) is 0.211. The van der Waals surface area contributed by atoms with Crippen molar-refractivity contribution in [3.8, 4) is 10.8 Å². The molecular weight excluding hydrogens is 366 g/mol. The number of benzene rings is 1. The van der Waals surface area contributed by atoms with E-state index in [0.717, 1.165) is 11.3 Å². The summed E-state index contributed by atoms with van der Waals surface area (Å²) in [5, 5.41) is 3.63. The fourth-order valence-corrected chi connectivity index (χ4v) is 3.62. The van der Waals surface area contributed by atoms with Gasteiger partial charge in [0.2, 0.25) is 0 Å². The molecule has 1 aromatic carbocycles. The average Bonchev–Trinajstić information content (AvgIpc) is 3.42. The first-order chi connectivity index (χ1) is 13.1. The molecule has 2 aromatic heterocycles. The zero-order valence-electron chi connectivity index (χ0n) is 14.5. The van der Waals surface area contributed by atoms with Crippen LogP contribution in [-0.4, -0.2) is 30.1 Å². The summed E-state index contributed by atoms with van der Waals surface area (Å²) in [7, 11) is 0. The third-order valence-electron chi connectivity index (χ3n) is 4.25. The highest BCUT2D eigenvalue weighted by Gasteiger charge is 2.24. The van der Waals surface area contributed by atoms with Gasteiger partial charge in [0, 0.05) is 5.69 Å². The molecule has 0 bridgehead atoms. The third-order valence-corrected chi connectivity index (χ3v) is 5.26. The first-order valence-corrected chi connectivity index (χ1v) is 9.28. The number of hydrogen-bond acceptors (Lipinski definition) is 6. The lowest BCUT2D eigenvalue weighted by Gasteiger charge is -2.17. The molecule has 1 aliphatic heterocycles. The van der Waals surface area contributed by atoms with Crippen molar-refractivity contribution in [2.75, 3.05) is 18.1 Å². The molecule has 138 valence electrons. The minimum absolute atomic E-state index is 0.205. The van der Waals surface area contributed by atoms with E-state index in [0.29, 0.717) is 28.8 Å². The first-order valence-electron chi connectivity index (χ1n) is 8.46. The van der Waals surface area contributed by atoms with Crippen molar-refractivity contribution in [1.82, 2.24) is 10.3 Å². The molecule has 0 radical (unpaired) electrons. The summed E-state index contributed by atoms with van der Waals surface area (Å²) >= 11 is 1.27. The molecule has 2 amide bonds. The molecule has 1 saturated heterocycles. The van der Waals surface area contributed by atoms with Crippen LogP contribution in [0, 0.1) is 0 Å². The van der Waals surface area contributed by atoms with Crippen LogP contribution in [0.15, 0.2) is 53.3 Å². The van der Waals surface area contributed by atoms with E-state index in [1.54, 1.807) is 29.5 Å². The highest BCUT2D eigenvalue weighted by atomic mass is 32.1. The zero-order valence-corrected chi connectivity index (χ0v) is 15.4. The maximum absolute atomic E-state index is 12.5. The molecule has 1 unspecified atom stereocenters. The van der Waals surface area contributed by atoms with E-state index in [2.05, 4.69) is 10.3 Å². The number of aromatic nitrogens is 1. The molecular formula is C19H17N3O4S. The van der Waals surface area contributed by atoms with Gasteiger partial charge in [0.15, 0.2) is 10.8 Å². The number of anilines is 1. The Balaban J connectivity index is 1.46. The molecule has 1 aliphatic rings. The Morgan fingerprint density at radius 3 is 2.96 bits per heavy atom. The van der Waals surface area contributed by atoms with Gasteiger partial charge in [-0.15, -0.1) is 11.3 Å². The van der Waals surface area contributed by atoms with Crippen LogP contribution in [-0.2, 0) is 4.74 Å². The van der Waals surface area contributed by atoms with Crippen LogP contribution in [0.2, 0.25) is 0 Å². The number of nitrogens with one attached hydrogen (secondary N) is 1. The van der Waals surface area contributed by atoms with Gasteiger partial charge in [0.1, 0.15) is 11.5 Å². The van der Waals surface area contributed by atoms with Crippen LogP contribution >= 0.6 is 11.3 Å². The molecule has 3 aromatic rings. The lowest BCUT2D eigenvalue weighted by atomic mass is 10.1. The van der Waals surface area contributed by atoms with Crippen LogP contribution in [0.1, 0.15) is 28.2 Å². The number of cyclic esters (lactones) is 1. The SMILES string of the molecule is CC(NC(=O)c1cnc(-c2ccco2)s1)c1cccc(N2CCOC2=O)c1. The average molecular weight is 383 g/mol. The van der Waals surface area contributed by atoms with E-state index in [-0.39, 0.29) is 18.0 Å². The molecule has 8 heteroatoms. The maximum Gasteiger partial charge on any atom is 0.414 e. The first kappa shape index (κ1) is 17.3. The van der Waals surface area contributed by atoms with Crippen molar-refractivity contribution in [3.05, 3.63) is 59.3 Å². The predicted molar refractivity (Wildman–Crippen MR) is 101 cm³/mol. The van der Waals surface area contributed by atoms with Gasteiger partial charge in [-0.2, -0.15) is 0 Å². The Kier molecular flexibility index (Phi) is 4.64. The largest absolute Gasteiger partial charge is 0.462 e. The number of hydrogen-bond donors (Lipinski definition) is 1. The van der Waals surface area contributed by atoms with Gasteiger partial charge in [-0.05, 0) is 36.8 Å². The molecule has 0 saturated carbocycles. The lowest BCUT2D eigenvalue weighted by Crippen LogP contribution is -2.27. The zero-order chi connectivity index (χ0) is 18.8. The van der Waals surface area contributed by atoms with Gasteiger partial charge in [-0.25, -0.2) is 9.78 Å². The Morgan fingerprint density at radius 2 is 2.22 bits per heavy atom. The number of nitrogens with zero attached hydrogens (tertiary/aromatic N) is 2. The third kappa shape index (κ3) is 3.56. The molecule has 4 rings (SSSR count). The standard InChI is InChI=1S/C19H17N3O4S/c1-12(13-4-2-5-14(10-13)22-7-9-26-19(22)24)21-17(23)16-11-20-18(27-16)15-6-3-8-25-15/h2-6,8,10-12H,7,9H2,1H3,(H,21,23). The lowest BCUT2D eigenvalue weighted by molar-refractivity contribution is 0.0943. The Hall–Kier alpha value is -3.13. The van der Waals surface area contributed by atoms with E-state index in [4.69, 9.17) is 9.15 Å². The van der Waals surface area contributed by atoms with E-state index < -0.39 is 0 Å². The second-order valence-electron chi connectivity index (χ2n) is 6.06. The van der Waals surface area contributed by atoms with Gasteiger partial charge < -0.3 is 14.5 Å². The Labute approximate surface area is 159 Å². The Bertz CT molecular complexity index is 967. The number of rotatable bonds is 5. The molecule has 1 N–H and O–H groups in total. The predicted octanol–water partition coefficient (Wildman–Crippen LogP) is 3.85. The van der Waals surface area contributed by atoms with Crippen molar-refractivity contribution in [3.63, 3.8) is 0 Å². The van der Waals surface area contributed by atoms with Gasteiger partial charge in [-0.3, -0.25) is 9.69 Å². The number of amides is 2. The molecule has 0 spiro atoms. The maximum atomic E-state index is 12.5. The highest BCUT2D eigenvalue weighted by Crippen LogP contribution is 2.27. The van der Waals surface area contributed by atoms with Crippen LogP contribution in [0.25, 0.3) is 10.8 Å². The highest BCUT2D eigenvalue weighted by molar-refractivity contribution is 7.16. The van der Waals surface area contributed by atoms with Gasteiger partial charge in [0.25, 0.3) is 5.91 Å². The van der Waals surface area contributed by atoms with Crippen LogP contribution < -0.4 is 10.2 Å². The number of carbonyl (C=O) groups is 2. The minimum Gasteiger partial charge on any atom is -0.462 e. The van der Waals surface area contributed by atoms with Gasteiger partial charge in [0.05, 0.1) is 25.0 Å². The smallest absolute Gasteiger partial charge is 0.414 e. The molecule has 27 heavy (non-hydrogen) atoms. The number of thiazole rings is 1. The summed E-state index contributed by atoms with van der Waals surface area (Å²) in [6.45, 7) is 2.81. The molecule has 7 nitrogen and oxygen atoms in total. The Morgan fingerprint density at radius 1 is 1.33 bits per heavy atom. The topological polar surface area (TPSA) is 84.7 Å². The quantitative estimate of drug-likeness (QED) is 0.723. The van der Waals surface area contributed by atoms with E-state index in [1.807, 2.05) is 31.2 Å². The summed E-state index contributed by atoms with van der Waals surface area (Å²) in [6, 6.07) is 10.9. The summed E-state index contributed by atoms with van der Waals surface area (Å²) in [6.07, 6.45) is 2.77. The molecule has 1 fully saturated rings. The molecule has 0 aliphatic carbocycles. The molecule has 1 atom stereocenters. The van der Waals surface area contributed by atoms with Crippen molar-refractivity contribution in [1.29, 1.82) is 0 Å². The van der Waals surface area contributed by atoms with Crippen molar-refractivity contribution < 1.29 is 18.7 Å². The monoisotopic (exact) mass is 383 g/mol. The summed E-state index contributed by atoms with van der Waals surface area (Å²) in [4.78, 5) is 30.6. The van der Waals surface area contributed by atoms with E-state index in [9.17, 15) is 9.59 Å². The minimum atomic E-state index is -0.348. The van der Waals surface area contributed by atoms with Crippen molar-refractivity contribution in [2.45, 2.75) is 13.0 Å². The second kappa shape index (κ2) is 7.24. The molecule has 3 heterocycles. The van der Waals surface area contributed by atoms with E-state index >= 15 is 0 Å². The second-order valence-corrected chi connectivity index (χ2v) is 7.09. The number of carbonyl (C=O) groups excluding carboxylic acids is 2. The summed E-state index contributed by atoms with van der Waals surface area (Å²) < 4.78 is 10.3. The summed E-state index contributed by atoms with van der Waals surface area (Å²) in [5.74, 6) is 0.432. The van der Waals surface area contributed by atoms with Gasteiger partial charge in [-0.1, -0.05) is 12.1 Å². The number of ether oxygens (including phenoxy) is 1.